The van der Waals surface area contributed by atoms with Gasteiger partial charge in [0.15, 0.2) is 0 Å². The molecular weight excluding hydrogens is 300 g/mol. The lowest BCUT2D eigenvalue weighted by Crippen LogP contribution is -2.38. The van der Waals surface area contributed by atoms with E-state index < -0.39 is 0 Å². The smallest absolute Gasteiger partial charge is 0.320 e. The van der Waals surface area contributed by atoms with Crippen molar-refractivity contribution in [3.05, 3.63) is 30.1 Å². The highest BCUT2D eigenvalue weighted by atomic mass is 16.5. The van der Waals surface area contributed by atoms with Gasteiger partial charge in [-0.05, 0) is 49.8 Å². The van der Waals surface area contributed by atoms with E-state index in [1.807, 2.05) is 30.1 Å². The van der Waals surface area contributed by atoms with Crippen LogP contribution in [0.2, 0.25) is 0 Å². The van der Waals surface area contributed by atoms with Gasteiger partial charge in [0.05, 0.1) is 6.54 Å². The first kappa shape index (κ1) is 18.9. The number of ether oxygens (including phenoxy) is 1. The summed E-state index contributed by atoms with van der Waals surface area (Å²) in [6.45, 7) is 7.89. The van der Waals surface area contributed by atoms with Crippen LogP contribution in [-0.4, -0.2) is 42.1 Å². The van der Waals surface area contributed by atoms with Crippen LogP contribution >= 0.6 is 0 Å². The molecule has 1 saturated carbocycles. The Morgan fingerprint density at radius 3 is 2.83 bits per heavy atom. The molecule has 0 spiro atoms. The topological polar surface area (TPSA) is 42.4 Å². The van der Waals surface area contributed by atoms with E-state index >= 15 is 0 Å². The van der Waals surface area contributed by atoms with Crippen molar-refractivity contribution < 1.29 is 9.53 Å². The maximum atomic E-state index is 12.3. The molecule has 0 N–H and O–H groups in total. The van der Waals surface area contributed by atoms with Gasteiger partial charge >= 0.3 is 5.97 Å². The highest BCUT2D eigenvalue weighted by molar-refractivity contribution is 5.71. The molecule has 1 aliphatic rings. The lowest BCUT2D eigenvalue weighted by molar-refractivity contribution is -0.156. The summed E-state index contributed by atoms with van der Waals surface area (Å²) in [6, 6.07) is 5.93. The molecule has 2 rings (SSSR count). The van der Waals surface area contributed by atoms with E-state index in [0.717, 1.165) is 25.1 Å². The van der Waals surface area contributed by atoms with Crippen molar-refractivity contribution in [1.29, 1.82) is 0 Å². The minimum atomic E-state index is -0.0942. The second kappa shape index (κ2) is 9.16. The Hall–Kier alpha value is -1.42. The van der Waals surface area contributed by atoms with Crippen LogP contribution in [0, 0.1) is 17.8 Å². The van der Waals surface area contributed by atoms with Gasteiger partial charge in [-0.1, -0.05) is 33.3 Å². The maximum absolute atomic E-state index is 12.3. The molecule has 0 bridgehead atoms. The molecule has 3 atom stereocenters. The fraction of sp³-hybridized carbons (Fsp3) is 0.700. The van der Waals surface area contributed by atoms with Gasteiger partial charge in [0.1, 0.15) is 6.10 Å². The number of rotatable bonds is 7. The molecule has 0 radical (unpaired) electrons. The van der Waals surface area contributed by atoms with Gasteiger partial charge in [0, 0.05) is 24.9 Å². The fourth-order valence-corrected chi connectivity index (χ4v) is 3.61. The van der Waals surface area contributed by atoms with Gasteiger partial charge < -0.3 is 4.74 Å². The third kappa shape index (κ3) is 5.90. The number of aromatic nitrogens is 1. The Balaban J connectivity index is 1.78. The van der Waals surface area contributed by atoms with Crippen LogP contribution in [0.25, 0.3) is 0 Å². The Morgan fingerprint density at radius 1 is 1.38 bits per heavy atom. The number of hydrogen-bond acceptors (Lipinski definition) is 4. The van der Waals surface area contributed by atoms with E-state index in [1.165, 1.54) is 12.8 Å². The van der Waals surface area contributed by atoms with Crippen molar-refractivity contribution in [3.63, 3.8) is 0 Å². The molecule has 1 fully saturated rings. The van der Waals surface area contributed by atoms with Crippen molar-refractivity contribution in [3.8, 4) is 0 Å². The van der Waals surface area contributed by atoms with Crippen LogP contribution in [0.4, 0.5) is 0 Å². The number of esters is 1. The monoisotopic (exact) mass is 332 g/mol. The summed E-state index contributed by atoms with van der Waals surface area (Å²) in [7, 11) is 1.97. The fourth-order valence-electron chi connectivity index (χ4n) is 3.61. The minimum Gasteiger partial charge on any atom is -0.461 e. The largest absolute Gasteiger partial charge is 0.461 e. The van der Waals surface area contributed by atoms with Gasteiger partial charge in [-0.15, -0.1) is 0 Å². The van der Waals surface area contributed by atoms with E-state index in [2.05, 4.69) is 25.8 Å². The summed E-state index contributed by atoms with van der Waals surface area (Å²) in [4.78, 5) is 18.7. The van der Waals surface area contributed by atoms with E-state index in [-0.39, 0.29) is 12.1 Å². The van der Waals surface area contributed by atoms with Gasteiger partial charge in [-0.2, -0.15) is 0 Å². The average Bonchev–Trinajstić information content (AvgIpc) is 2.53. The van der Waals surface area contributed by atoms with Crippen LogP contribution in [0.5, 0.6) is 0 Å². The SMILES string of the molecule is CC(C)[C@@H]1CC[C@@H](C)C[C@H]1OC(=O)CN(C)CCc1ccccn1. The maximum Gasteiger partial charge on any atom is 0.320 e. The standard InChI is InChI=1S/C20H32N2O2/c1-15(2)18-9-8-16(3)13-19(18)24-20(23)14-22(4)12-10-17-7-5-6-11-21-17/h5-7,11,15-16,18-19H,8-10,12-14H2,1-4H3/t16-,18+,19-/m1/s1. The molecule has 1 heterocycles. The van der Waals surface area contributed by atoms with Crippen molar-refractivity contribution in [1.82, 2.24) is 9.88 Å². The number of hydrogen-bond donors (Lipinski definition) is 0. The van der Waals surface area contributed by atoms with Crippen LogP contribution < -0.4 is 0 Å². The van der Waals surface area contributed by atoms with Crippen molar-refractivity contribution >= 4 is 5.97 Å². The molecule has 0 aromatic carbocycles. The van der Waals surface area contributed by atoms with Gasteiger partial charge in [0.25, 0.3) is 0 Å². The predicted molar refractivity (Wildman–Crippen MR) is 96.7 cm³/mol. The van der Waals surface area contributed by atoms with Gasteiger partial charge in [0.2, 0.25) is 0 Å². The lowest BCUT2D eigenvalue weighted by Gasteiger charge is -2.37. The molecule has 0 unspecified atom stereocenters. The molecule has 0 aliphatic heterocycles. The zero-order valence-corrected chi connectivity index (χ0v) is 15.6. The molecule has 1 aromatic heterocycles. The summed E-state index contributed by atoms with van der Waals surface area (Å²) in [6.07, 6.45) is 6.17. The molecular formula is C20H32N2O2. The van der Waals surface area contributed by atoms with Crippen LogP contribution in [0.1, 0.15) is 45.7 Å². The predicted octanol–water partition coefficient (Wildman–Crippen LogP) is 3.56. The Kier molecular flexibility index (Phi) is 7.22. The first-order chi connectivity index (χ1) is 11.5. The number of nitrogens with zero attached hydrogens (tertiary/aromatic N) is 2. The Morgan fingerprint density at radius 2 is 2.17 bits per heavy atom. The quantitative estimate of drug-likeness (QED) is 0.716. The molecule has 1 aliphatic carbocycles. The van der Waals surface area contributed by atoms with E-state index in [4.69, 9.17) is 4.74 Å². The van der Waals surface area contributed by atoms with Crippen molar-refractivity contribution in [2.24, 2.45) is 17.8 Å². The molecule has 24 heavy (non-hydrogen) atoms. The van der Waals surface area contributed by atoms with E-state index in [0.29, 0.717) is 24.3 Å². The molecule has 0 saturated heterocycles. The number of carbonyl (C=O) groups excluding carboxylic acids is 1. The summed E-state index contributed by atoms with van der Waals surface area (Å²) >= 11 is 0. The number of pyridine rings is 1. The highest BCUT2D eigenvalue weighted by Crippen LogP contribution is 2.35. The second-order valence-corrected chi connectivity index (χ2v) is 7.66. The van der Waals surface area contributed by atoms with Crippen LogP contribution in [0.15, 0.2) is 24.4 Å². The van der Waals surface area contributed by atoms with Gasteiger partial charge in [-0.25, -0.2) is 0 Å². The summed E-state index contributed by atoms with van der Waals surface area (Å²) in [5.41, 5.74) is 1.05. The lowest BCUT2D eigenvalue weighted by atomic mass is 9.75. The average molecular weight is 332 g/mol. The summed E-state index contributed by atoms with van der Waals surface area (Å²) in [5, 5.41) is 0. The zero-order chi connectivity index (χ0) is 17.5. The molecule has 134 valence electrons. The highest BCUT2D eigenvalue weighted by Gasteiger charge is 2.33. The van der Waals surface area contributed by atoms with E-state index in [9.17, 15) is 4.79 Å². The summed E-state index contributed by atoms with van der Waals surface area (Å²) < 4.78 is 5.86. The van der Waals surface area contributed by atoms with Crippen LogP contribution in [0.3, 0.4) is 0 Å². The molecule has 4 heteroatoms. The van der Waals surface area contributed by atoms with Crippen molar-refractivity contribution in [2.45, 2.75) is 52.6 Å². The second-order valence-electron chi connectivity index (χ2n) is 7.66. The Bertz CT molecular complexity index is 504. The normalized spacial score (nSPS) is 24.3. The third-order valence-electron chi connectivity index (χ3n) is 5.12. The Labute approximate surface area is 146 Å². The summed E-state index contributed by atoms with van der Waals surface area (Å²) in [5.74, 6) is 1.63. The third-order valence-corrected chi connectivity index (χ3v) is 5.12. The minimum absolute atomic E-state index is 0.0884. The first-order valence-electron chi connectivity index (χ1n) is 9.23. The first-order valence-corrected chi connectivity index (χ1v) is 9.23. The van der Waals surface area contributed by atoms with Crippen LogP contribution in [-0.2, 0) is 16.0 Å². The van der Waals surface area contributed by atoms with Crippen molar-refractivity contribution in [2.75, 3.05) is 20.1 Å². The zero-order valence-electron chi connectivity index (χ0n) is 15.6. The number of likely N-dealkylation sites (N-methyl/N-ethyl adjacent to an activating group) is 1. The number of carbonyl (C=O) groups is 1. The molecule has 1 aromatic rings. The van der Waals surface area contributed by atoms with Gasteiger partial charge in [-0.3, -0.25) is 14.7 Å². The molecule has 4 nitrogen and oxygen atoms in total. The van der Waals surface area contributed by atoms with E-state index in [1.54, 1.807) is 6.20 Å². The molecule has 0 amide bonds.